The highest BCUT2D eigenvalue weighted by atomic mass is 19.1. The maximum Gasteiger partial charge on any atom is 0.274 e. The second-order valence-corrected chi connectivity index (χ2v) is 6.09. The van der Waals surface area contributed by atoms with E-state index in [0.29, 0.717) is 23.6 Å². The summed E-state index contributed by atoms with van der Waals surface area (Å²) in [6, 6.07) is 17.7. The average Bonchev–Trinajstić information content (AvgIpc) is 2.74. The van der Waals surface area contributed by atoms with Gasteiger partial charge in [-0.25, -0.2) is 9.37 Å². The number of rotatable bonds is 7. The third-order valence-corrected chi connectivity index (χ3v) is 4.03. The van der Waals surface area contributed by atoms with Crippen LogP contribution in [0.25, 0.3) is 0 Å². The highest BCUT2D eigenvalue weighted by Crippen LogP contribution is 2.16. The molecule has 2 N–H and O–H groups in total. The summed E-state index contributed by atoms with van der Waals surface area (Å²) in [6.45, 7) is 2.47. The molecule has 0 aliphatic carbocycles. The van der Waals surface area contributed by atoms with Gasteiger partial charge in [-0.3, -0.25) is 9.59 Å². The normalized spacial score (nSPS) is 10.3. The van der Waals surface area contributed by atoms with Crippen molar-refractivity contribution >= 4 is 17.5 Å². The van der Waals surface area contributed by atoms with Crippen LogP contribution in [0.4, 0.5) is 10.1 Å². The molecule has 2 aromatic carbocycles. The number of carbonyl (C=O) groups excluding carboxylic acids is 2. The van der Waals surface area contributed by atoms with Crippen LogP contribution in [0.3, 0.4) is 0 Å². The molecular formula is C22H20FN3O3. The number of aromatic nitrogens is 1. The van der Waals surface area contributed by atoms with Gasteiger partial charge in [0.05, 0.1) is 6.61 Å². The van der Waals surface area contributed by atoms with Crippen molar-refractivity contribution in [3.63, 3.8) is 0 Å². The lowest BCUT2D eigenvalue weighted by atomic mass is 10.2. The number of nitrogens with zero attached hydrogens (tertiary/aromatic N) is 1. The molecule has 1 heterocycles. The van der Waals surface area contributed by atoms with E-state index >= 15 is 0 Å². The second-order valence-electron chi connectivity index (χ2n) is 6.09. The maximum atomic E-state index is 13.7. The first-order chi connectivity index (χ1) is 14.1. The van der Waals surface area contributed by atoms with Crippen LogP contribution in [-0.4, -0.2) is 23.4 Å². The van der Waals surface area contributed by atoms with Crippen LogP contribution in [0.2, 0.25) is 0 Å². The molecule has 0 saturated heterocycles. The van der Waals surface area contributed by atoms with E-state index in [-0.39, 0.29) is 17.9 Å². The molecule has 0 atom stereocenters. The minimum Gasteiger partial charge on any atom is -0.494 e. The Balaban J connectivity index is 1.64. The molecule has 0 spiro atoms. The van der Waals surface area contributed by atoms with Crippen molar-refractivity contribution in [1.82, 2.24) is 10.3 Å². The molecule has 7 heteroatoms. The molecule has 0 aliphatic rings. The molecule has 3 rings (SSSR count). The van der Waals surface area contributed by atoms with Crippen LogP contribution in [0.5, 0.6) is 5.75 Å². The predicted octanol–water partition coefficient (Wildman–Crippen LogP) is 3.80. The standard InChI is InChI=1S/C22H20FN3O3/c1-2-29-17-12-10-16(11-13-17)25-22(28)20-9-5-8-19(26-20)21(27)24-14-15-6-3-4-7-18(15)23/h3-13H,2,14H2,1H3,(H,24,27)(H,25,28). The van der Waals surface area contributed by atoms with Crippen molar-refractivity contribution in [3.8, 4) is 5.75 Å². The van der Waals surface area contributed by atoms with Crippen molar-refractivity contribution in [3.05, 3.63) is 89.5 Å². The molecule has 148 valence electrons. The zero-order chi connectivity index (χ0) is 20.6. The van der Waals surface area contributed by atoms with Crippen molar-refractivity contribution in [1.29, 1.82) is 0 Å². The van der Waals surface area contributed by atoms with Crippen molar-refractivity contribution in [2.75, 3.05) is 11.9 Å². The summed E-state index contributed by atoms with van der Waals surface area (Å²) in [4.78, 5) is 28.9. The molecule has 0 saturated carbocycles. The maximum absolute atomic E-state index is 13.7. The van der Waals surface area contributed by atoms with Gasteiger partial charge < -0.3 is 15.4 Å². The van der Waals surface area contributed by atoms with Gasteiger partial charge in [0.2, 0.25) is 0 Å². The van der Waals surface area contributed by atoms with Gasteiger partial charge in [-0.05, 0) is 49.4 Å². The van der Waals surface area contributed by atoms with Gasteiger partial charge >= 0.3 is 0 Å². The van der Waals surface area contributed by atoms with E-state index in [1.54, 1.807) is 48.5 Å². The topological polar surface area (TPSA) is 80.3 Å². The summed E-state index contributed by atoms with van der Waals surface area (Å²) < 4.78 is 19.0. The Morgan fingerprint density at radius 3 is 2.31 bits per heavy atom. The molecule has 0 aliphatic heterocycles. The Kier molecular flexibility index (Phi) is 6.52. The lowest BCUT2D eigenvalue weighted by molar-refractivity contribution is 0.0945. The molecular weight excluding hydrogens is 373 g/mol. The molecule has 2 amide bonds. The monoisotopic (exact) mass is 393 g/mol. The van der Waals surface area contributed by atoms with E-state index in [9.17, 15) is 14.0 Å². The number of anilines is 1. The molecule has 6 nitrogen and oxygen atoms in total. The summed E-state index contributed by atoms with van der Waals surface area (Å²) in [7, 11) is 0. The number of amides is 2. The van der Waals surface area contributed by atoms with Gasteiger partial charge in [0.15, 0.2) is 0 Å². The third kappa shape index (κ3) is 5.38. The van der Waals surface area contributed by atoms with Gasteiger partial charge in [-0.2, -0.15) is 0 Å². The van der Waals surface area contributed by atoms with Gasteiger partial charge in [-0.15, -0.1) is 0 Å². The van der Waals surface area contributed by atoms with Crippen molar-refractivity contribution in [2.45, 2.75) is 13.5 Å². The predicted molar refractivity (Wildman–Crippen MR) is 107 cm³/mol. The number of halogens is 1. The van der Waals surface area contributed by atoms with Gasteiger partial charge in [0.25, 0.3) is 11.8 Å². The quantitative estimate of drug-likeness (QED) is 0.640. The molecule has 3 aromatic rings. The fourth-order valence-electron chi connectivity index (χ4n) is 2.59. The zero-order valence-corrected chi connectivity index (χ0v) is 15.8. The number of benzene rings is 2. The van der Waals surface area contributed by atoms with Gasteiger partial charge in [0, 0.05) is 17.8 Å². The number of carbonyl (C=O) groups is 2. The Hall–Kier alpha value is -3.74. The van der Waals surface area contributed by atoms with E-state index in [1.165, 1.54) is 18.2 Å². The fraction of sp³-hybridized carbons (Fsp3) is 0.136. The Bertz CT molecular complexity index is 1010. The van der Waals surface area contributed by atoms with E-state index in [4.69, 9.17) is 4.74 Å². The van der Waals surface area contributed by atoms with Gasteiger partial charge in [0.1, 0.15) is 23.0 Å². The van der Waals surface area contributed by atoms with Crippen molar-refractivity contribution < 1.29 is 18.7 Å². The average molecular weight is 393 g/mol. The SMILES string of the molecule is CCOc1ccc(NC(=O)c2cccc(C(=O)NCc3ccccc3F)n2)cc1. The summed E-state index contributed by atoms with van der Waals surface area (Å²) in [6.07, 6.45) is 0. The minimum atomic E-state index is -0.496. The molecule has 29 heavy (non-hydrogen) atoms. The fourth-order valence-corrected chi connectivity index (χ4v) is 2.59. The number of ether oxygens (including phenoxy) is 1. The second kappa shape index (κ2) is 9.45. The summed E-state index contributed by atoms with van der Waals surface area (Å²) in [5, 5.41) is 5.32. The van der Waals surface area contributed by atoms with Gasteiger partial charge in [-0.1, -0.05) is 24.3 Å². The highest BCUT2D eigenvalue weighted by Gasteiger charge is 2.13. The molecule has 1 aromatic heterocycles. The van der Waals surface area contributed by atoms with Crippen LogP contribution < -0.4 is 15.4 Å². The largest absolute Gasteiger partial charge is 0.494 e. The third-order valence-electron chi connectivity index (χ3n) is 4.03. The molecule has 0 bridgehead atoms. The van der Waals surface area contributed by atoms with E-state index in [0.717, 1.165) is 0 Å². The van der Waals surface area contributed by atoms with E-state index in [2.05, 4.69) is 15.6 Å². The number of hydrogen-bond donors (Lipinski definition) is 2. The van der Waals surface area contributed by atoms with Crippen LogP contribution in [0, 0.1) is 5.82 Å². The number of pyridine rings is 1. The minimum absolute atomic E-state index is 0.0236. The van der Waals surface area contributed by atoms with Crippen LogP contribution in [0.15, 0.2) is 66.7 Å². The summed E-state index contributed by atoms with van der Waals surface area (Å²) in [5.41, 5.74) is 1.11. The zero-order valence-electron chi connectivity index (χ0n) is 15.8. The lowest BCUT2D eigenvalue weighted by Crippen LogP contribution is -2.25. The first-order valence-electron chi connectivity index (χ1n) is 9.09. The Morgan fingerprint density at radius 1 is 0.931 bits per heavy atom. The number of nitrogens with one attached hydrogen (secondary N) is 2. The van der Waals surface area contributed by atoms with E-state index < -0.39 is 17.6 Å². The van der Waals surface area contributed by atoms with Crippen LogP contribution in [0.1, 0.15) is 33.5 Å². The first kappa shape index (κ1) is 20.0. The smallest absolute Gasteiger partial charge is 0.274 e. The van der Waals surface area contributed by atoms with Crippen LogP contribution >= 0.6 is 0 Å². The molecule has 0 radical (unpaired) electrons. The molecule has 0 fully saturated rings. The first-order valence-corrected chi connectivity index (χ1v) is 9.09. The van der Waals surface area contributed by atoms with Crippen molar-refractivity contribution in [2.24, 2.45) is 0 Å². The Morgan fingerprint density at radius 2 is 1.62 bits per heavy atom. The van der Waals surface area contributed by atoms with E-state index in [1.807, 2.05) is 6.92 Å². The number of hydrogen-bond acceptors (Lipinski definition) is 4. The lowest BCUT2D eigenvalue weighted by Gasteiger charge is -2.08. The molecule has 0 unspecified atom stereocenters. The highest BCUT2D eigenvalue weighted by molar-refractivity contribution is 6.03. The van der Waals surface area contributed by atoms with Crippen LogP contribution in [-0.2, 0) is 6.54 Å². The Labute approximate surface area is 167 Å². The summed E-state index contributed by atoms with van der Waals surface area (Å²) in [5.74, 6) is -0.636. The summed E-state index contributed by atoms with van der Waals surface area (Å²) >= 11 is 0.